The monoisotopic (exact) mass is 352 g/mol. The van der Waals surface area contributed by atoms with Crippen molar-refractivity contribution in [2.75, 3.05) is 7.05 Å². The Morgan fingerprint density at radius 3 is 2.35 bits per heavy atom. The van der Waals surface area contributed by atoms with Gasteiger partial charge in [-0.3, -0.25) is 9.59 Å². The summed E-state index contributed by atoms with van der Waals surface area (Å²) in [4.78, 5) is 24.8. The van der Waals surface area contributed by atoms with Gasteiger partial charge in [0.25, 0.3) is 5.91 Å². The fraction of sp³-hybridized carbons (Fsp3) is 0.150. The van der Waals surface area contributed by atoms with Crippen molar-refractivity contribution in [3.63, 3.8) is 0 Å². The van der Waals surface area contributed by atoms with Gasteiger partial charge in [-0.1, -0.05) is 35.0 Å². The van der Waals surface area contributed by atoms with Crippen molar-refractivity contribution < 1.29 is 18.5 Å². The minimum absolute atomic E-state index is 0.0972. The molecule has 1 amide bonds. The highest BCUT2D eigenvalue weighted by atomic mass is 19.1. The summed E-state index contributed by atoms with van der Waals surface area (Å²) >= 11 is 0. The van der Waals surface area contributed by atoms with Gasteiger partial charge in [0.2, 0.25) is 0 Å². The highest BCUT2D eigenvalue weighted by Crippen LogP contribution is 2.27. The number of rotatable bonds is 5. The molecule has 6 heteroatoms. The van der Waals surface area contributed by atoms with E-state index in [4.69, 9.17) is 4.52 Å². The molecule has 26 heavy (non-hydrogen) atoms. The standard InChI is InChI=1S/C20H17FN2O3/c1-12-3-5-13(6-4-12)16(24)11-17-18(20(25)22-2)19(23-26-17)14-7-9-15(21)10-8-14/h3-10H,11H2,1-2H3,(H,22,25). The Hall–Kier alpha value is -3.28. The molecule has 0 atom stereocenters. The van der Waals surface area contributed by atoms with Crippen LogP contribution in [0.3, 0.4) is 0 Å². The average Bonchev–Trinajstić information content (AvgIpc) is 3.05. The van der Waals surface area contributed by atoms with Crippen LogP contribution >= 0.6 is 0 Å². The molecular weight excluding hydrogens is 335 g/mol. The van der Waals surface area contributed by atoms with Crippen LogP contribution in [0.5, 0.6) is 0 Å². The zero-order chi connectivity index (χ0) is 18.7. The van der Waals surface area contributed by atoms with Gasteiger partial charge in [-0.15, -0.1) is 0 Å². The number of benzene rings is 2. The predicted octanol–water partition coefficient (Wildman–Crippen LogP) is 3.57. The van der Waals surface area contributed by atoms with E-state index < -0.39 is 11.7 Å². The predicted molar refractivity (Wildman–Crippen MR) is 94.5 cm³/mol. The van der Waals surface area contributed by atoms with Crippen molar-refractivity contribution in [2.24, 2.45) is 0 Å². The molecule has 0 aliphatic rings. The number of carbonyl (C=O) groups is 2. The van der Waals surface area contributed by atoms with Gasteiger partial charge in [-0.2, -0.15) is 0 Å². The van der Waals surface area contributed by atoms with Crippen LogP contribution in [-0.2, 0) is 6.42 Å². The van der Waals surface area contributed by atoms with Crippen molar-refractivity contribution in [2.45, 2.75) is 13.3 Å². The van der Waals surface area contributed by atoms with Crippen LogP contribution in [0.4, 0.5) is 4.39 Å². The second-order valence-electron chi connectivity index (χ2n) is 5.88. The van der Waals surface area contributed by atoms with E-state index in [1.165, 1.54) is 31.3 Å². The molecule has 3 aromatic rings. The van der Waals surface area contributed by atoms with E-state index in [0.717, 1.165) is 5.56 Å². The Morgan fingerprint density at radius 2 is 1.73 bits per heavy atom. The lowest BCUT2D eigenvalue weighted by molar-refractivity contribution is 0.0960. The molecule has 0 fully saturated rings. The van der Waals surface area contributed by atoms with Crippen molar-refractivity contribution >= 4 is 11.7 Å². The number of halogens is 1. The largest absolute Gasteiger partial charge is 0.359 e. The Labute approximate surface area is 149 Å². The van der Waals surface area contributed by atoms with Crippen LogP contribution in [0.25, 0.3) is 11.3 Å². The fourth-order valence-corrected chi connectivity index (χ4v) is 2.60. The first-order valence-electron chi connectivity index (χ1n) is 8.06. The van der Waals surface area contributed by atoms with Gasteiger partial charge in [0.15, 0.2) is 11.5 Å². The number of ketones is 1. The van der Waals surface area contributed by atoms with E-state index in [2.05, 4.69) is 10.5 Å². The first-order chi connectivity index (χ1) is 12.5. The molecule has 5 nitrogen and oxygen atoms in total. The molecule has 3 rings (SSSR count). The van der Waals surface area contributed by atoms with Gasteiger partial charge in [-0.05, 0) is 31.2 Å². The number of hydrogen-bond donors (Lipinski definition) is 1. The number of aromatic nitrogens is 1. The summed E-state index contributed by atoms with van der Waals surface area (Å²) in [7, 11) is 1.48. The summed E-state index contributed by atoms with van der Waals surface area (Å²) in [6.45, 7) is 1.93. The lowest BCUT2D eigenvalue weighted by atomic mass is 10.0. The number of carbonyl (C=O) groups excluding carboxylic acids is 2. The maximum atomic E-state index is 13.2. The minimum Gasteiger partial charge on any atom is -0.359 e. The fourth-order valence-electron chi connectivity index (χ4n) is 2.60. The smallest absolute Gasteiger partial charge is 0.256 e. The Kier molecular flexibility index (Phi) is 4.93. The number of aryl methyl sites for hydroxylation is 1. The molecule has 1 heterocycles. The van der Waals surface area contributed by atoms with Crippen molar-refractivity contribution in [1.82, 2.24) is 10.5 Å². The third kappa shape index (κ3) is 3.54. The van der Waals surface area contributed by atoms with Crippen LogP contribution in [0.1, 0.15) is 32.0 Å². The van der Waals surface area contributed by atoms with Gasteiger partial charge in [-0.25, -0.2) is 4.39 Å². The molecule has 132 valence electrons. The molecule has 0 saturated heterocycles. The van der Waals surface area contributed by atoms with E-state index in [1.807, 2.05) is 19.1 Å². The van der Waals surface area contributed by atoms with Crippen molar-refractivity contribution in [1.29, 1.82) is 0 Å². The van der Waals surface area contributed by atoms with E-state index in [0.29, 0.717) is 11.1 Å². The molecule has 1 aromatic heterocycles. The highest BCUT2D eigenvalue weighted by molar-refractivity contribution is 6.03. The third-order valence-electron chi connectivity index (χ3n) is 4.03. The lowest BCUT2D eigenvalue weighted by Gasteiger charge is -2.04. The van der Waals surface area contributed by atoms with E-state index in [9.17, 15) is 14.0 Å². The van der Waals surface area contributed by atoms with Gasteiger partial charge in [0.05, 0.1) is 6.42 Å². The van der Waals surface area contributed by atoms with Gasteiger partial charge in [0, 0.05) is 18.2 Å². The molecule has 0 unspecified atom stereocenters. The van der Waals surface area contributed by atoms with Crippen molar-refractivity contribution in [3.8, 4) is 11.3 Å². The molecule has 0 saturated carbocycles. The van der Waals surface area contributed by atoms with Gasteiger partial charge >= 0.3 is 0 Å². The summed E-state index contributed by atoms with van der Waals surface area (Å²) in [5.41, 5.74) is 2.56. The Bertz CT molecular complexity index is 944. The second kappa shape index (κ2) is 7.31. The van der Waals surface area contributed by atoms with E-state index in [-0.39, 0.29) is 29.2 Å². The number of nitrogens with zero attached hydrogens (tertiary/aromatic N) is 1. The minimum atomic E-state index is -0.419. The Morgan fingerprint density at radius 1 is 1.08 bits per heavy atom. The number of amides is 1. The van der Waals surface area contributed by atoms with Crippen LogP contribution in [0.2, 0.25) is 0 Å². The topological polar surface area (TPSA) is 72.2 Å². The van der Waals surface area contributed by atoms with Gasteiger partial charge < -0.3 is 9.84 Å². The number of nitrogens with one attached hydrogen (secondary N) is 1. The van der Waals surface area contributed by atoms with Gasteiger partial charge in [0.1, 0.15) is 17.1 Å². The molecule has 0 aliphatic heterocycles. The Balaban J connectivity index is 1.96. The highest BCUT2D eigenvalue weighted by Gasteiger charge is 2.25. The lowest BCUT2D eigenvalue weighted by Crippen LogP contribution is -2.20. The molecule has 0 spiro atoms. The summed E-state index contributed by atoms with van der Waals surface area (Å²) in [6.07, 6.45) is -0.0972. The summed E-state index contributed by atoms with van der Waals surface area (Å²) in [5, 5.41) is 6.46. The van der Waals surface area contributed by atoms with Crippen LogP contribution < -0.4 is 5.32 Å². The maximum Gasteiger partial charge on any atom is 0.256 e. The number of Topliss-reactive ketones (excluding diaryl/α,β-unsaturated/α-hetero) is 1. The average molecular weight is 352 g/mol. The van der Waals surface area contributed by atoms with Crippen molar-refractivity contribution in [3.05, 3.63) is 76.8 Å². The first-order valence-corrected chi connectivity index (χ1v) is 8.06. The summed E-state index contributed by atoms with van der Waals surface area (Å²) < 4.78 is 18.4. The van der Waals surface area contributed by atoms with Crippen LogP contribution in [0.15, 0.2) is 53.1 Å². The molecule has 0 radical (unpaired) electrons. The van der Waals surface area contributed by atoms with E-state index in [1.54, 1.807) is 12.1 Å². The first kappa shape index (κ1) is 17.5. The van der Waals surface area contributed by atoms with E-state index >= 15 is 0 Å². The zero-order valence-corrected chi connectivity index (χ0v) is 14.4. The zero-order valence-electron chi connectivity index (χ0n) is 14.4. The molecule has 0 aliphatic carbocycles. The maximum absolute atomic E-state index is 13.2. The normalized spacial score (nSPS) is 10.6. The third-order valence-corrected chi connectivity index (χ3v) is 4.03. The molecule has 2 aromatic carbocycles. The molecular formula is C20H17FN2O3. The number of hydrogen-bond acceptors (Lipinski definition) is 4. The molecule has 0 bridgehead atoms. The summed E-state index contributed by atoms with van der Waals surface area (Å²) in [5.74, 6) is -0.822. The van der Waals surface area contributed by atoms with Crippen LogP contribution in [0, 0.1) is 12.7 Å². The second-order valence-corrected chi connectivity index (χ2v) is 5.88. The quantitative estimate of drug-likeness (QED) is 0.713. The summed E-state index contributed by atoms with van der Waals surface area (Å²) in [6, 6.07) is 12.7. The molecule has 1 N–H and O–H groups in total. The SMILES string of the molecule is CNC(=O)c1c(-c2ccc(F)cc2)noc1CC(=O)c1ccc(C)cc1. The van der Waals surface area contributed by atoms with Crippen LogP contribution in [-0.4, -0.2) is 23.9 Å².